The second-order valence-electron chi connectivity index (χ2n) is 5.44. The molecule has 0 fully saturated rings. The van der Waals surface area contributed by atoms with E-state index in [9.17, 15) is 5.26 Å². The molecule has 0 spiro atoms. The fourth-order valence-corrected chi connectivity index (χ4v) is 2.93. The molecule has 2 aliphatic heterocycles. The molecule has 2 heterocycles. The predicted octanol–water partition coefficient (Wildman–Crippen LogP) is 2.39. The number of nitrogens with two attached hydrogens (primary N) is 1. The monoisotopic (exact) mass is 310 g/mol. The lowest BCUT2D eigenvalue weighted by atomic mass is 9.93. The van der Waals surface area contributed by atoms with Crippen molar-refractivity contribution in [1.29, 1.82) is 5.26 Å². The van der Waals surface area contributed by atoms with E-state index in [0.717, 1.165) is 29.0 Å². The number of nitrogens with zero attached hydrogens (tertiary/aromatic N) is 2. The van der Waals surface area contributed by atoms with E-state index in [1.54, 1.807) is 26.6 Å². The fourth-order valence-electron chi connectivity index (χ4n) is 2.93. The number of pyridine rings is 1. The molecule has 0 bridgehead atoms. The number of H-pyrrole nitrogens is 1. The van der Waals surface area contributed by atoms with Gasteiger partial charge < -0.3 is 20.2 Å². The van der Waals surface area contributed by atoms with Crippen LogP contribution in [0.5, 0.6) is 0 Å². The zero-order chi connectivity index (χ0) is 16.4. The molecule has 6 heteroatoms. The number of aromatic nitrogens is 2. The van der Waals surface area contributed by atoms with Crippen molar-refractivity contribution < 1.29 is 9.47 Å². The van der Waals surface area contributed by atoms with Crippen molar-refractivity contribution in [2.45, 2.75) is 18.9 Å². The van der Waals surface area contributed by atoms with Gasteiger partial charge in [0.25, 0.3) is 0 Å². The highest BCUT2D eigenvalue weighted by atomic mass is 16.5. The number of nitrogen functional groups attached to an aromatic ring is 1. The molecule has 0 aromatic carbocycles. The number of nitriles is 1. The molecule has 1 aliphatic carbocycles. The summed E-state index contributed by atoms with van der Waals surface area (Å²) in [4.78, 5) is 7.30. The van der Waals surface area contributed by atoms with Gasteiger partial charge in [0, 0.05) is 49.2 Å². The smallest absolute Gasteiger partial charge is 0.125 e. The zero-order valence-corrected chi connectivity index (χ0v) is 13.1. The highest BCUT2D eigenvalue weighted by Gasteiger charge is 2.23. The van der Waals surface area contributed by atoms with Gasteiger partial charge in [-0.15, -0.1) is 0 Å². The maximum absolute atomic E-state index is 9.24. The minimum atomic E-state index is -0.0796. The molecule has 1 atom stereocenters. The Morgan fingerprint density at radius 3 is 2.83 bits per heavy atom. The summed E-state index contributed by atoms with van der Waals surface area (Å²) in [6, 6.07) is 2.13. The van der Waals surface area contributed by atoms with E-state index in [4.69, 9.17) is 15.2 Å². The molecule has 3 rings (SSSR count). The SMILES string of the molecule is COC1=CC=C(Cc2[nH]c(N)c(C#N)c3cncc2-3)CC1OC. The molecule has 6 nitrogen and oxygen atoms in total. The molecule has 0 amide bonds. The number of methoxy groups -OCH3 is 2. The van der Waals surface area contributed by atoms with Gasteiger partial charge in [0.2, 0.25) is 0 Å². The van der Waals surface area contributed by atoms with E-state index < -0.39 is 0 Å². The first-order chi connectivity index (χ1) is 11.2. The van der Waals surface area contributed by atoms with Gasteiger partial charge in [-0.3, -0.25) is 4.98 Å². The molecular weight excluding hydrogens is 292 g/mol. The van der Waals surface area contributed by atoms with Crippen LogP contribution >= 0.6 is 0 Å². The summed E-state index contributed by atoms with van der Waals surface area (Å²) in [6.45, 7) is 0. The van der Waals surface area contributed by atoms with E-state index in [1.807, 2.05) is 12.2 Å². The first kappa shape index (κ1) is 15.1. The van der Waals surface area contributed by atoms with E-state index in [0.29, 0.717) is 17.8 Å². The number of nitrogens with one attached hydrogen (secondary N) is 1. The average Bonchev–Trinajstić information content (AvgIpc) is 3.04. The Hall–Kier alpha value is -2.78. The van der Waals surface area contributed by atoms with Gasteiger partial charge in [-0.1, -0.05) is 11.6 Å². The van der Waals surface area contributed by atoms with Crippen LogP contribution in [0.1, 0.15) is 17.7 Å². The van der Waals surface area contributed by atoms with Gasteiger partial charge in [0.05, 0.1) is 7.11 Å². The molecule has 0 radical (unpaired) electrons. The van der Waals surface area contributed by atoms with Crippen LogP contribution in [-0.2, 0) is 15.9 Å². The topological polar surface area (TPSA) is 97.0 Å². The first-order valence-electron chi connectivity index (χ1n) is 7.28. The minimum Gasteiger partial charge on any atom is -0.498 e. The summed E-state index contributed by atoms with van der Waals surface area (Å²) in [5, 5.41) is 9.24. The third kappa shape index (κ3) is 2.67. The van der Waals surface area contributed by atoms with Crippen LogP contribution in [0.2, 0.25) is 0 Å². The Bertz CT molecular complexity index is 798. The van der Waals surface area contributed by atoms with E-state index in [1.165, 1.54) is 5.57 Å². The van der Waals surface area contributed by atoms with Crippen molar-refractivity contribution in [3.63, 3.8) is 0 Å². The summed E-state index contributed by atoms with van der Waals surface area (Å²) in [5.41, 5.74) is 10.3. The van der Waals surface area contributed by atoms with Crippen molar-refractivity contribution in [3.05, 3.63) is 47.1 Å². The van der Waals surface area contributed by atoms with Crippen molar-refractivity contribution >= 4 is 5.82 Å². The molecule has 23 heavy (non-hydrogen) atoms. The second kappa shape index (κ2) is 6.15. The maximum Gasteiger partial charge on any atom is 0.125 e. The summed E-state index contributed by atoms with van der Waals surface area (Å²) in [5.74, 6) is 1.19. The molecule has 3 N–H and O–H groups in total. The quantitative estimate of drug-likeness (QED) is 0.903. The minimum absolute atomic E-state index is 0.0796. The highest BCUT2D eigenvalue weighted by Crippen LogP contribution is 2.33. The number of hydrogen-bond donors (Lipinski definition) is 2. The van der Waals surface area contributed by atoms with Crippen molar-refractivity contribution in [3.8, 4) is 17.2 Å². The number of ether oxygens (including phenoxy) is 2. The summed E-state index contributed by atoms with van der Waals surface area (Å²) >= 11 is 0. The van der Waals surface area contributed by atoms with Crippen molar-refractivity contribution in [1.82, 2.24) is 9.97 Å². The molecular formula is C17H18N4O2. The Balaban J connectivity index is 1.95. The van der Waals surface area contributed by atoms with Gasteiger partial charge in [0.1, 0.15) is 29.3 Å². The zero-order valence-electron chi connectivity index (χ0n) is 13.1. The van der Waals surface area contributed by atoms with Crippen LogP contribution in [0.4, 0.5) is 5.82 Å². The molecule has 0 aromatic heterocycles. The number of allylic oxidation sites excluding steroid dienone is 2. The molecule has 0 saturated carbocycles. The van der Waals surface area contributed by atoms with Crippen molar-refractivity contribution in [2.75, 3.05) is 20.0 Å². The van der Waals surface area contributed by atoms with Crippen molar-refractivity contribution in [2.24, 2.45) is 0 Å². The largest absolute Gasteiger partial charge is 0.498 e. The Morgan fingerprint density at radius 2 is 2.13 bits per heavy atom. The number of anilines is 1. The van der Waals surface area contributed by atoms with E-state index in [2.05, 4.69) is 16.0 Å². The van der Waals surface area contributed by atoms with Crippen LogP contribution in [-0.4, -0.2) is 30.3 Å². The maximum atomic E-state index is 9.24. The van der Waals surface area contributed by atoms with Crippen LogP contribution in [0.15, 0.2) is 35.9 Å². The van der Waals surface area contributed by atoms with Crippen LogP contribution in [0, 0.1) is 11.3 Å². The molecule has 0 aromatic rings. The molecule has 0 saturated heterocycles. The lowest BCUT2D eigenvalue weighted by Crippen LogP contribution is -2.19. The van der Waals surface area contributed by atoms with Crippen LogP contribution < -0.4 is 5.73 Å². The predicted molar refractivity (Wildman–Crippen MR) is 86.6 cm³/mol. The van der Waals surface area contributed by atoms with Gasteiger partial charge in [0.15, 0.2) is 0 Å². The second-order valence-corrected chi connectivity index (χ2v) is 5.44. The Labute approximate surface area is 134 Å². The third-order valence-electron chi connectivity index (χ3n) is 4.13. The number of fused-ring (bicyclic) bond motifs is 1. The Morgan fingerprint density at radius 1 is 1.35 bits per heavy atom. The van der Waals surface area contributed by atoms with Crippen LogP contribution in [0.3, 0.4) is 0 Å². The molecule has 3 aliphatic rings. The lowest BCUT2D eigenvalue weighted by molar-refractivity contribution is 0.0770. The molecule has 1 unspecified atom stereocenters. The van der Waals surface area contributed by atoms with E-state index >= 15 is 0 Å². The number of hydrogen-bond acceptors (Lipinski definition) is 5. The van der Waals surface area contributed by atoms with Gasteiger partial charge in [-0.05, 0) is 6.08 Å². The van der Waals surface area contributed by atoms with Gasteiger partial charge >= 0.3 is 0 Å². The summed E-state index contributed by atoms with van der Waals surface area (Å²) < 4.78 is 10.8. The average molecular weight is 310 g/mol. The van der Waals surface area contributed by atoms with Crippen LogP contribution in [0.25, 0.3) is 11.1 Å². The normalized spacial score (nSPS) is 17.5. The highest BCUT2D eigenvalue weighted by molar-refractivity contribution is 5.78. The standard InChI is InChI=1S/C17H18N4O2/c1-22-15-4-3-10(6-16(15)23-2)5-14-13-9-20-8-12(13)11(7-18)17(19)21-14/h3-4,8-9,16,21H,5-6,19H2,1-2H3. The summed E-state index contributed by atoms with van der Waals surface area (Å²) in [6.07, 6.45) is 8.76. The number of rotatable bonds is 4. The molecule has 118 valence electrons. The summed E-state index contributed by atoms with van der Waals surface area (Å²) in [7, 11) is 3.32. The van der Waals surface area contributed by atoms with Gasteiger partial charge in [-0.2, -0.15) is 5.26 Å². The third-order valence-corrected chi connectivity index (χ3v) is 4.13. The Kier molecular flexibility index (Phi) is 4.04. The first-order valence-corrected chi connectivity index (χ1v) is 7.28. The number of aromatic amines is 1. The lowest BCUT2D eigenvalue weighted by Gasteiger charge is -2.23. The van der Waals surface area contributed by atoms with E-state index in [-0.39, 0.29) is 6.10 Å². The fraction of sp³-hybridized carbons (Fsp3) is 0.294. The van der Waals surface area contributed by atoms with Gasteiger partial charge in [-0.25, -0.2) is 0 Å².